The van der Waals surface area contributed by atoms with E-state index in [2.05, 4.69) is 10.6 Å². The van der Waals surface area contributed by atoms with Gasteiger partial charge in [0.2, 0.25) is 0 Å². The van der Waals surface area contributed by atoms with Gasteiger partial charge in [-0.25, -0.2) is 0 Å². The predicted molar refractivity (Wildman–Crippen MR) is 108 cm³/mol. The fourth-order valence-electron chi connectivity index (χ4n) is 2.66. The van der Waals surface area contributed by atoms with Gasteiger partial charge in [0.1, 0.15) is 11.5 Å². The first-order valence-electron chi connectivity index (χ1n) is 8.65. The number of rotatable bonds is 4. The van der Waals surface area contributed by atoms with Crippen LogP contribution in [0.15, 0.2) is 60.7 Å². The average molecular weight is 376 g/mol. The molecule has 0 aliphatic heterocycles. The number of aryl methyl sites for hydroxylation is 2. The summed E-state index contributed by atoms with van der Waals surface area (Å²) in [5.41, 5.74) is 3.13. The zero-order chi connectivity index (χ0) is 20.3. The van der Waals surface area contributed by atoms with Gasteiger partial charge in [0, 0.05) is 11.1 Å². The summed E-state index contributed by atoms with van der Waals surface area (Å²) < 4.78 is 0. The van der Waals surface area contributed by atoms with E-state index in [1.165, 1.54) is 36.4 Å². The van der Waals surface area contributed by atoms with Crippen LogP contribution in [0.1, 0.15) is 31.8 Å². The van der Waals surface area contributed by atoms with Crippen LogP contribution in [0.4, 0.5) is 11.4 Å². The largest absolute Gasteiger partial charge is 0.506 e. The van der Waals surface area contributed by atoms with Gasteiger partial charge in [0.05, 0.1) is 11.4 Å². The number of nitrogens with one attached hydrogen (secondary N) is 2. The Morgan fingerprint density at radius 1 is 0.643 bits per heavy atom. The molecule has 2 amide bonds. The molecule has 0 saturated carbocycles. The Kier molecular flexibility index (Phi) is 5.31. The highest BCUT2D eigenvalue weighted by atomic mass is 16.3. The Morgan fingerprint density at radius 2 is 1.00 bits per heavy atom. The molecule has 142 valence electrons. The topological polar surface area (TPSA) is 98.7 Å². The summed E-state index contributed by atoms with van der Waals surface area (Å²) in [4.78, 5) is 24.8. The lowest BCUT2D eigenvalue weighted by atomic mass is 10.1. The van der Waals surface area contributed by atoms with Crippen molar-refractivity contribution in [2.75, 3.05) is 10.6 Å². The van der Waals surface area contributed by atoms with E-state index in [4.69, 9.17) is 0 Å². The minimum absolute atomic E-state index is 0.0205. The van der Waals surface area contributed by atoms with E-state index in [0.29, 0.717) is 22.5 Å². The van der Waals surface area contributed by atoms with Crippen LogP contribution in [0.2, 0.25) is 0 Å². The predicted octanol–water partition coefficient (Wildman–Crippen LogP) is 4.22. The van der Waals surface area contributed by atoms with Gasteiger partial charge >= 0.3 is 0 Å². The van der Waals surface area contributed by atoms with Gasteiger partial charge in [0.25, 0.3) is 11.8 Å². The number of amides is 2. The third-order valence-corrected chi connectivity index (χ3v) is 4.21. The first-order valence-corrected chi connectivity index (χ1v) is 8.65. The summed E-state index contributed by atoms with van der Waals surface area (Å²) in [5, 5.41) is 25.0. The van der Waals surface area contributed by atoms with Gasteiger partial charge in [-0.1, -0.05) is 12.1 Å². The molecule has 6 heteroatoms. The highest BCUT2D eigenvalue weighted by Gasteiger charge is 2.12. The third-order valence-electron chi connectivity index (χ3n) is 4.21. The Balaban J connectivity index is 1.72. The molecule has 0 fully saturated rings. The molecule has 0 radical (unpaired) electrons. The van der Waals surface area contributed by atoms with Crippen LogP contribution in [0.25, 0.3) is 0 Å². The summed E-state index contributed by atoms with van der Waals surface area (Å²) in [6, 6.07) is 15.9. The highest BCUT2D eigenvalue weighted by Crippen LogP contribution is 2.25. The Hall–Kier alpha value is -3.80. The van der Waals surface area contributed by atoms with Gasteiger partial charge in [0.15, 0.2) is 0 Å². The highest BCUT2D eigenvalue weighted by molar-refractivity contribution is 6.07. The molecule has 0 atom stereocenters. The quantitative estimate of drug-likeness (QED) is 0.512. The number of aromatic hydroxyl groups is 2. The minimum Gasteiger partial charge on any atom is -0.506 e. The zero-order valence-electron chi connectivity index (χ0n) is 15.5. The second-order valence-electron chi connectivity index (χ2n) is 6.53. The molecular weight excluding hydrogens is 356 g/mol. The van der Waals surface area contributed by atoms with Crippen LogP contribution >= 0.6 is 0 Å². The number of phenols is 2. The molecule has 0 aliphatic carbocycles. The summed E-state index contributed by atoms with van der Waals surface area (Å²) >= 11 is 0. The number of hydrogen-bond acceptors (Lipinski definition) is 4. The lowest BCUT2D eigenvalue weighted by Gasteiger charge is -2.10. The van der Waals surface area contributed by atoms with Crippen LogP contribution in [0.5, 0.6) is 11.5 Å². The van der Waals surface area contributed by atoms with Crippen LogP contribution in [0, 0.1) is 13.8 Å². The van der Waals surface area contributed by atoms with Crippen molar-refractivity contribution in [3.8, 4) is 11.5 Å². The molecule has 3 aromatic carbocycles. The lowest BCUT2D eigenvalue weighted by Crippen LogP contribution is -2.14. The van der Waals surface area contributed by atoms with Crippen molar-refractivity contribution in [2.45, 2.75) is 13.8 Å². The lowest BCUT2D eigenvalue weighted by molar-refractivity contribution is 0.101. The smallest absolute Gasteiger partial charge is 0.255 e. The molecule has 0 heterocycles. The molecule has 0 aromatic heterocycles. The van der Waals surface area contributed by atoms with Crippen molar-refractivity contribution in [2.24, 2.45) is 0 Å². The second kappa shape index (κ2) is 7.84. The van der Waals surface area contributed by atoms with E-state index in [-0.39, 0.29) is 11.5 Å². The number of benzene rings is 3. The van der Waals surface area contributed by atoms with Crippen molar-refractivity contribution in [1.82, 2.24) is 0 Å². The summed E-state index contributed by atoms with van der Waals surface area (Å²) in [7, 11) is 0. The van der Waals surface area contributed by atoms with Gasteiger partial charge in [-0.2, -0.15) is 0 Å². The maximum absolute atomic E-state index is 12.4. The molecule has 3 rings (SSSR count). The number of carbonyl (C=O) groups excluding carboxylic acids is 2. The molecule has 0 aliphatic rings. The third kappa shape index (κ3) is 4.29. The first-order chi connectivity index (χ1) is 13.3. The van der Waals surface area contributed by atoms with E-state index < -0.39 is 11.8 Å². The Morgan fingerprint density at radius 3 is 1.36 bits per heavy atom. The molecular formula is C22H20N2O4. The fraction of sp³-hybridized carbons (Fsp3) is 0.0909. The monoisotopic (exact) mass is 376 g/mol. The average Bonchev–Trinajstić information content (AvgIpc) is 2.67. The second-order valence-corrected chi connectivity index (χ2v) is 6.53. The van der Waals surface area contributed by atoms with Gasteiger partial charge < -0.3 is 20.8 Å². The summed E-state index contributed by atoms with van der Waals surface area (Å²) in [5.74, 6) is -0.839. The van der Waals surface area contributed by atoms with Crippen LogP contribution in [0.3, 0.4) is 0 Å². The van der Waals surface area contributed by atoms with Crippen molar-refractivity contribution in [3.05, 3.63) is 82.9 Å². The molecule has 0 saturated heterocycles. The number of anilines is 2. The van der Waals surface area contributed by atoms with Crippen LogP contribution < -0.4 is 10.6 Å². The molecule has 0 spiro atoms. The van der Waals surface area contributed by atoms with E-state index >= 15 is 0 Å². The maximum Gasteiger partial charge on any atom is 0.255 e. The van der Waals surface area contributed by atoms with Crippen molar-refractivity contribution >= 4 is 23.2 Å². The SMILES string of the molecule is Cc1ccc(O)c(NC(=O)c2ccc(C(=O)Nc3cc(C)ccc3O)cc2)c1. The van der Waals surface area contributed by atoms with Gasteiger partial charge in [-0.15, -0.1) is 0 Å². The fourth-order valence-corrected chi connectivity index (χ4v) is 2.66. The standard InChI is InChI=1S/C22H20N2O4/c1-13-3-9-19(25)17(11-13)23-21(27)15-5-7-16(8-6-15)22(28)24-18-12-14(2)4-10-20(18)26/h3-12,25-26H,1-2H3,(H,23,27)(H,24,28). The maximum atomic E-state index is 12.4. The van der Waals surface area contributed by atoms with Gasteiger partial charge in [-0.3, -0.25) is 9.59 Å². The Bertz CT molecular complexity index is 958. The Labute approximate surface area is 162 Å². The first kappa shape index (κ1) is 19.0. The van der Waals surface area contributed by atoms with E-state index in [9.17, 15) is 19.8 Å². The van der Waals surface area contributed by atoms with Crippen molar-refractivity contribution in [3.63, 3.8) is 0 Å². The molecule has 6 nitrogen and oxygen atoms in total. The van der Waals surface area contributed by atoms with Gasteiger partial charge in [-0.05, 0) is 73.5 Å². The normalized spacial score (nSPS) is 10.4. The van der Waals surface area contributed by atoms with Crippen LogP contribution in [-0.4, -0.2) is 22.0 Å². The van der Waals surface area contributed by atoms with E-state index in [1.54, 1.807) is 24.3 Å². The van der Waals surface area contributed by atoms with Crippen molar-refractivity contribution < 1.29 is 19.8 Å². The summed E-state index contributed by atoms with van der Waals surface area (Å²) in [6.07, 6.45) is 0. The number of hydrogen-bond donors (Lipinski definition) is 4. The molecule has 28 heavy (non-hydrogen) atoms. The van der Waals surface area contributed by atoms with E-state index in [1.807, 2.05) is 13.8 Å². The number of carbonyl (C=O) groups is 2. The summed E-state index contributed by atoms with van der Waals surface area (Å²) in [6.45, 7) is 3.71. The number of phenolic OH excluding ortho intramolecular Hbond substituents is 2. The van der Waals surface area contributed by atoms with E-state index in [0.717, 1.165) is 11.1 Å². The molecule has 3 aromatic rings. The zero-order valence-corrected chi connectivity index (χ0v) is 15.5. The minimum atomic E-state index is -0.399. The molecule has 0 unspecified atom stereocenters. The molecule has 0 bridgehead atoms. The van der Waals surface area contributed by atoms with Crippen LogP contribution in [-0.2, 0) is 0 Å². The van der Waals surface area contributed by atoms with Crippen molar-refractivity contribution in [1.29, 1.82) is 0 Å². The molecule has 4 N–H and O–H groups in total.